The van der Waals surface area contributed by atoms with Crippen LogP contribution in [0.25, 0.3) is 11.0 Å². The Balaban J connectivity index is 2.80. The minimum absolute atomic E-state index is 0.0727. The Morgan fingerprint density at radius 2 is 1.94 bits per heavy atom. The van der Waals surface area contributed by atoms with Gasteiger partial charge in [0.15, 0.2) is 0 Å². The Morgan fingerprint density at radius 1 is 1.28 bits per heavy atom. The van der Waals surface area contributed by atoms with E-state index in [1.165, 1.54) is 12.1 Å². The SMILES string of the molecule is Cc1cc(O)cc2oc(=O)cc(CP(=O)(O)O)c12. The van der Waals surface area contributed by atoms with Crippen LogP contribution in [-0.4, -0.2) is 14.9 Å². The first-order valence-electron chi connectivity index (χ1n) is 5.07. The van der Waals surface area contributed by atoms with Gasteiger partial charge in [-0.2, -0.15) is 0 Å². The summed E-state index contributed by atoms with van der Waals surface area (Å²) in [4.78, 5) is 29.3. The molecule has 6 nitrogen and oxygen atoms in total. The average Bonchev–Trinajstić information content (AvgIpc) is 2.11. The normalized spacial score (nSPS) is 11.9. The minimum Gasteiger partial charge on any atom is -0.508 e. The number of hydrogen-bond acceptors (Lipinski definition) is 4. The number of benzene rings is 1. The van der Waals surface area contributed by atoms with E-state index >= 15 is 0 Å². The number of fused-ring (bicyclic) bond motifs is 1. The lowest BCUT2D eigenvalue weighted by molar-refractivity contribution is 0.372. The Morgan fingerprint density at radius 3 is 2.56 bits per heavy atom. The maximum Gasteiger partial charge on any atom is 0.336 e. The van der Waals surface area contributed by atoms with E-state index in [1.54, 1.807) is 6.92 Å². The number of aryl methyl sites for hydroxylation is 1. The predicted molar refractivity (Wildman–Crippen MR) is 64.6 cm³/mol. The van der Waals surface area contributed by atoms with Gasteiger partial charge < -0.3 is 19.3 Å². The van der Waals surface area contributed by atoms with E-state index in [1.807, 2.05) is 0 Å². The van der Waals surface area contributed by atoms with E-state index in [-0.39, 0.29) is 16.9 Å². The maximum absolute atomic E-state index is 11.3. The van der Waals surface area contributed by atoms with Crippen molar-refractivity contribution in [3.05, 3.63) is 39.7 Å². The molecule has 96 valence electrons. The molecule has 0 saturated carbocycles. The lowest BCUT2D eigenvalue weighted by Gasteiger charge is -2.09. The summed E-state index contributed by atoms with van der Waals surface area (Å²) in [5.74, 6) is -0.0727. The van der Waals surface area contributed by atoms with Crippen LogP contribution in [0.3, 0.4) is 0 Å². The molecule has 0 aliphatic carbocycles. The molecule has 2 aromatic rings. The molecule has 1 aromatic heterocycles. The number of rotatable bonds is 2. The van der Waals surface area contributed by atoms with E-state index in [4.69, 9.17) is 14.2 Å². The van der Waals surface area contributed by atoms with Crippen LogP contribution in [0.5, 0.6) is 5.75 Å². The van der Waals surface area contributed by atoms with Crippen LogP contribution in [0.4, 0.5) is 0 Å². The summed E-state index contributed by atoms with van der Waals surface area (Å²) in [6, 6.07) is 3.74. The molecule has 0 fully saturated rings. The number of phenolic OH excluding ortho intramolecular Hbond substituents is 1. The summed E-state index contributed by atoms with van der Waals surface area (Å²) in [5.41, 5.74) is 0.198. The van der Waals surface area contributed by atoms with Crippen molar-refractivity contribution in [1.82, 2.24) is 0 Å². The van der Waals surface area contributed by atoms with Gasteiger partial charge in [0.05, 0.1) is 6.16 Å². The van der Waals surface area contributed by atoms with Crippen molar-refractivity contribution in [2.24, 2.45) is 0 Å². The van der Waals surface area contributed by atoms with Gasteiger partial charge in [0.25, 0.3) is 0 Å². The lowest BCUT2D eigenvalue weighted by atomic mass is 10.1. The van der Waals surface area contributed by atoms with Crippen LogP contribution in [0.15, 0.2) is 27.4 Å². The highest BCUT2D eigenvalue weighted by Crippen LogP contribution is 2.41. The maximum atomic E-state index is 11.3. The highest BCUT2D eigenvalue weighted by Gasteiger charge is 2.19. The van der Waals surface area contributed by atoms with E-state index in [2.05, 4.69) is 0 Å². The van der Waals surface area contributed by atoms with Crippen molar-refractivity contribution in [2.75, 3.05) is 0 Å². The van der Waals surface area contributed by atoms with Crippen molar-refractivity contribution in [1.29, 1.82) is 0 Å². The summed E-state index contributed by atoms with van der Waals surface area (Å²) in [5, 5.41) is 9.85. The summed E-state index contributed by atoms with van der Waals surface area (Å²) in [6.07, 6.45) is -0.541. The summed E-state index contributed by atoms with van der Waals surface area (Å²) in [7, 11) is -4.29. The molecule has 0 atom stereocenters. The van der Waals surface area contributed by atoms with Crippen LogP contribution in [0, 0.1) is 6.92 Å². The second kappa shape index (κ2) is 4.24. The summed E-state index contributed by atoms with van der Waals surface area (Å²) < 4.78 is 16.0. The van der Waals surface area contributed by atoms with Gasteiger partial charge in [-0.3, -0.25) is 4.57 Å². The molecule has 2 rings (SSSR count). The first-order valence-corrected chi connectivity index (χ1v) is 6.87. The standard InChI is InChI=1S/C11H11O6P/c1-6-2-8(12)4-9-11(6)7(3-10(13)17-9)5-18(14,15)16/h2-4,12H,5H2,1H3,(H2,14,15,16). The molecule has 3 N–H and O–H groups in total. The molecule has 0 aliphatic heterocycles. The van der Waals surface area contributed by atoms with E-state index < -0.39 is 19.4 Å². The zero-order valence-corrected chi connectivity index (χ0v) is 10.3. The second-order valence-electron chi connectivity index (χ2n) is 4.05. The quantitative estimate of drug-likeness (QED) is 0.563. The van der Waals surface area contributed by atoms with Crippen LogP contribution in [0.1, 0.15) is 11.1 Å². The zero-order chi connectivity index (χ0) is 13.5. The molecule has 0 spiro atoms. The fraction of sp³-hybridized carbons (Fsp3) is 0.182. The molecular weight excluding hydrogens is 259 g/mol. The van der Waals surface area contributed by atoms with Gasteiger partial charge in [-0.05, 0) is 24.1 Å². The van der Waals surface area contributed by atoms with Crippen molar-refractivity contribution >= 4 is 18.6 Å². The molecule has 0 unspecified atom stereocenters. The monoisotopic (exact) mass is 270 g/mol. The van der Waals surface area contributed by atoms with Gasteiger partial charge in [-0.1, -0.05) is 0 Å². The van der Waals surface area contributed by atoms with Crippen LogP contribution in [-0.2, 0) is 10.7 Å². The first kappa shape index (κ1) is 12.8. The molecular formula is C11H11O6P. The molecule has 0 bridgehead atoms. The lowest BCUT2D eigenvalue weighted by Crippen LogP contribution is -2.02. The molecule has 1 aromatic carbocycles. The third kappa shape index (κ3) is 2.61. The highest BCUT2D eigenvalue weighted by molar-refractivity contribution is 7.50. The molecule has 0 radical (unpaired) electrons. The molecule has 0 saturated heterocycles. The molecule has 18 heavy (non-hydrogen) atoms. The molecule has 7 heteroatoms. The predicted octanol–water partition coefficient (Wildman–Crippen LogP) is 1.48. The van der Waals surface area contributed by atoms with Crippen molar-refractivity contribution in [3.8, 4) is 5.75 Å². The molecule has 0 aliphatic rings. The van der Waals surface area contributed by atoms with Crippen molar-refractivity contribution < 1.29 is 23.9 Å². The second-order valence-corrected chi connectivity index (χ2v) is 5.69. The van der Waals surface area contributed by atoms with Gasteiger partial charge in [0.1, 0.15) is 11.3 Å². The van der Waals surface area contributed by atoms with E-state index in [0.29, 0.717) is 10.9 Å². The van der Waals surface area contributed by atoms with Crippen LogP contribution >= 0.6 is 7.60 Å². The Bertz CT molecular complexity index is 711. The molecule has 0 amide bonds. The van der Waals surface area contributed by atoms with Crippen molar-refractivity contribution in [3.63, 3.8) is 0 Å². The van der Waals surface area contributed by atoms with Gasteiger partial charge in [-0.25, -0.2) is 4.79 Å². The Hall–Kier alpha value is -1.62. The summed E-state index contributed by atoms with van der Waals surface area (Å²) >= 11 is 0. The van der Waals surface area contributed by atoms with Crippen LogP contribution < -0.4 is 5.63 Å². The van der Waals surface area contributed by atoms with Gasteiger partial charge in [0, 0.05) is 17.5 Å². The van der Waals surface area contributed by atoms with Gasteiger partial charge in [0.2, 0.25) is 0 Å². The number of phenols is 1. The van der Waals surface area contributed by atoms with E-state index in [9.17, 15) is 14.5 Å². The van der Waals surface area contributed by atoms with Gasteiger partial charge in [-0.15, -0.1) is 0 Å². The Kier molecular flexibility index (Phi) is 3.02. The van der Waals surface area contributed by atoms with Gasteiger partial charge >= 0.3 is 13.2 Å². The zero-order valence-electron chi connectivity index (χ0n) is 9.45. The smallest absolute Gasteiger partial charge is 0.336 e. The number of aromatic hydroxyl groups is 1. The first-order chi connectivity index (χ1) is 8.26. The fourth-order valence-corrected chi connectivity index (χ4v) is 2.62. The molecule has 1 heterocycles. The topological polar surface area (TPSA) is 108 Å². The Labute approximate surface area is 102 Å². The number of hydrogen-bond donors (Lipinski definition) is 3. The largest absolute Gasteiger partial charge is 0.508 e. The summed E-state index contributed by atoms with van der Waals surface area (Å²) in [6.45, 7) is 1.66. The van der Waals surface area contributed by atoms with Crippen molar-refractivity contribution in [2.45, 2.75) is 13.1 Å². The minimum atomic E-state index is -4.29. The van der Waals surface area contributed by atoms with Crippen LogP contribution in [0.2, 0.25) is 0 Å². The fourth-order valence-electron chi connectivity index (χ4n) is 1.93. The van der Waals surface area contributed by atoms with E-state index in [0.717, 1.165) is 6.07 Å². The third-order valence-corrected chi connectivity index (χ3v) is 3.24. The highest BCUT2D eigenvalue weighted by atomic mass is 31.2. The third-order valence-electron chi connectivity index (χ3n) is 2.48. The average molecular weight is 270 g/mol.